The molecule has 3 N–H and O–H groups in total. The van der Waals surface area contributed by atoms with Crippen LogP contribution < -0.4 is 5.73 Å². The summed E-state index contributed by atoms with van der Waals surface area (Å²) in [6, 6.07) is 0. The molecule has 0 radical (unpaired) electrons. The van der Waals surface area contributed by atoms with Crippen LogP contribution in [-0.2, 0) is 0 Å². The van der Waals surface area contributed by atoms with Gasteiger partial charge in [-0.1, -0.05) is 24.6 Å². The van der Waals surface area contributed by atoms with E-state index in [9.17, 15) is 5.11 Å². The molecule has 10 heavy (non-hydrogen) atoms. The van der Waals surface area contributed by atoms with Gasteiger partial charge in [0.2, 0.25) is 0 Å². The van der Waals surface area contributed by atoms with E-state index in [1.807, 2.05) is 26.0 Å². The minimum Gasteiger partial charge on any atom is -0.372 e. The van der Waals surface area contributed by atoms with Crippen molar-refractivity contribution in [1.82, 2.24) is 0 Å². The maximum atomic E-state index is 9.46. The molecule has 56 valence electrons. The Morgan fingerprint density at radius 2 is 2.30 bits per heavy atom. The second-order valence-corrected chi connectivity index (χ2v) is 2.92. The summed E-state index contributed by atoms with van der Waals surface area (Å²) in [6.45, 7) is 3.81. The van der Waals surface area contributed by atoms with Crippen molar-refractivity contribution in [2.45, 2.75) is 19.6 Å². The molecule has 1 aliphatic rings. The Balaban J connectivity index is 2.88. The molecule has 0 aromatic rings. The molecule has 0 saturated heterocycles. The molecule has 2 unspecified atom stereocenters. The smallest absolute Gasteiger partial charge is 0.139 e. The van der Waals surface area contributed by atoms with Gasteiger partial charge in [-0.25, -0.2) is 0 Å². The Morgan fingerprint density at radius 3 is 2.70 bits per heavy atom. The predicted molar refractivity (Wildman–Crippen MR) is 41.2 cm³/mol. The number of hydrogen-bond donors (Lipinski definition) is 2. The van der Waals surface area contributed by atoms with Crippen molar-refractivity contribution in [3.05, 3.63) is 23.8 Å². The van der Waals surface area contributed by atoms with E-state index >= 15 is 0 Å². The van der Waals surface area contributed by atoms with Gasteiger partial charge >= 0.3 is 0 Å². The maximum absolute atomic E-state index is 9.46. The zero-order valence-corrected chi connectivity index (χ0v) is 6.33. The van der Waals surface area contributed by atoms with Crippen LogP contribution in [0.2, 0.25) is 0 Å². The molecule has 0 aromatic heterocycles. The molecule has 0 fully saturated rings. The fourth-order valence-corrected chi connectivity index (χ4v) is 0.995. The van der Waals surface area contributed by atoms with E-state index in [1.54, 1.807) is 6.08 Å². The predicted octanol–water partition coefficient (Wildman–Crippen LogP) is 0.786. The lowest BCUT2D eigenvalue weighted by Crippen LogP contribution is -2.44. The van der Waals surface area contributed by atoms with E-state index in [0.29, 0.717) is 0 Å². The quantitative estimate of drug-likeness (QED) is 0.487. The number of aliphatic hydroxyl groups is 1. The van der Waals surface area contributed by atoms with Gasteiger partial charge in [0.05, 0.1) is 0 Å². The molecule has 0 aliphatic heterocycles. The molecule has 2 nitrogen and oxygen atoms in total. The third-order valence-corrected chi connectivity index (χ3v) is 1.84. The molecule has 2 heteroatoms. The molecular formula is C8H13NO. The van der Waals surface area contributed by atoms with E-state index in [0.717, 1.165) is 5.57 Å². The van der Waals surface area contributed by atoms with Crippen LogP contribution in [0.4, 0.5) is 0 Å². The van der Waals surface area contributed by atoms with E-state index in [4.69, 9.17) is 5.73 Å². The second kappa shape index (κ2) is 2.22. The number of allylic oxidation sites excluding steroid dienone is 2. The molecule has 2 atom stereocenters. The SMILES string of the molecule is CC1=CC(N)(O)C(C)C=C1. The van der Waals surface area contributed by atoms with Crippen molar-refractivity contribution in [2.75, 3.05) is 0 Å². The highest BCUT2D eigenvalue weighted by molar-refractivity contribution is 5.27. The summed E-state index contributed by atoms with van der Waals surface area (Å²) in [4.78, 5) is 0. The second-order valence-electron chi connectivity index (χ2n) is 2.92. The van der Waals surface area contributed by atoms with Gasteiger partial charge in [0.1, 0.15) is 5.72 Å². The minimum atomic E-state index is -1.14. The van der Waals surface area contributed by atoms with Crippen molar-refractivity contribution in [3.8, 4) is 0 Å². The lowest BCUT2D eigenvalue weighted by molar-refractivity contribution is 0.0593. The summed E-state index contributed by atoms with van der Waals surface area (Å²) >= 11 is 0. The van der Waals surface area contributed by atoms with E-state index in [2.05, 4.69) is 0 Å². The summed E-state index contributed by atoms with van der Waals surface area (Å²) < 4.78 is 0. The van der Waals surface area contributed by atoms with E-state index in [-0.39, 0.29) is 5.92 Å². The third kappa shape index (κ3) is 1.28. The summed E-state index contributed by atoms with van der Waals surface area (Å²) in [6.07, 6.45) is 5.55. The van der Waals surface area contributed by atoms with Crippen LogP contribution in [0.1, 0.15) is 13.8 Å². The number of nitrogens with two attached hydrogens (primary N) is 1. The van der Waals surface area contributed by atoms with Gasteiger partial charge in [-0.15, -0.1) is 0 Å². The first-order valence-corrected chi connectivity index (χ1v) is 3.41. The third-order valence-electron chi connectivity index (χ3n) is 1.84. The molecule has 0 saturated carbocycles. The normalized spacial score (nSPS) is 39.6. The van der Waals surface area contributed by atoms with Gasteiger partial charge < -0.3 is 5.11 Å². The van der Waals surface area contributed by atoms with Crippen molar-refractivity contribution in [3.63, 3.8) is 0 Å². The molecular weight excluding hydrogens is 126 g/mol. The van der Waals surface area contributed by atoms with E-state index < -0.39 is 5.72 Å². The largest absolute Gasteiger partial charge is 0.372 e. The molecule has 0 heterocycles. The summed E-state index contributed by atoms with van der Waals surface area (Å²) in [5.41, 5.74) is 5.42. The molecule has 0 aromatic carbocycles. The molecule has 1 rings (SSSR count). The summed E-state index contributed by atoms with van der Waals surface area (Å²) in [5.74, 6) is 0.0104. The Kier molecular flexibility index (Phi) is 1.67. The first-order valence-electron chi connectivity index (χ1n) is 3.41. The highest BCUT2D eigenvalue weighted by Gasteiger charge is 2.26. The van der Waals surface area contributed by atoms with Crippen LogP contribution in [0.15, 0.2) is 23.8 Å². The summed E-state index contributed by atoms with van der Waals surface area (Å²) in [5, 5.41) is 9.46. The van der Waals surface area contributed by atoms with Gasteiger partial charge in [-0.05, 0) is 13.0 Å². The Bertz CT molecular complexity index is 191. The van der Waals surface area contributed by atoms with Crippen molar-refractivity contribution in [2.24, 2.45) is 11.7 Å². The molecule has 0 amide bonds. The molecule has 1 aliphatic carbocycles. The highest BCUT2D eigenvalue weighted by Crippen LogP contribution is 2.21. The fraction of sp³-hybridized carbons (Fsp3) is 0.500. The number of rotatable bonds is 0. The van der Waals surface area contributed by atoms with Crippen molar-refractivity contribution < 1.29 is 5.11 Å². The molecule has 0 spiro atoms. The van der Waals surface area contributed by atoms with Crippen LogP contribution in [0, 0.1) is 5.92 Å². The minimum absolute atomic E-state index is 0.0104. The van der Waals surface area contributed by atoms with Crippen LogP contribution in [0.3, 0.4) is 0 Å². The Hall–Kier alpha value is -0.600. The van der Waals surface area contributed by atoms with Gasteiger partial charge in [-0.3, -0.25) is 5.73 Å². The zero-order valence-electron chi connectivity index (χ0n) is 6.33. The Morgan fingerprint density at radius 1 is 1.70 bits per heavy atom. The van der Waals surface area contributed by atoms with Gasteiger partial charge in [0.15, 0.2) is 0 Å². The van der Waals surface area contributed by atoms with Gasteiger partial charge in [-0.2, -0.15) is 0 Å². The summed E-state index contributed by atoms with van der Waals surface area (Å²) in [7, 11) is 0. The number of hydrogen-bond acceptors (Lipinski definition) is 2. The van der Waals surface area contributed by atoms with E-state index in [1.165, 1.54) is 0 Å². The average molecular weight is 139 g/mol. The van der Waals surface area contributed by atoms with Crippen molar-refractivity contribution >= 4 is 0 Å². The standard InChI is InChI=1S/C8H13NO/c1-6-3-4-7(2)8(9,10)5-6/h3-5,7,10H,9H2,1-2H3. The fourth-order valence-electron chi connectivity index (χ4n) is 0.995. The lowest BCUT2D eigenvalue weighted by Gasteiger charge is -2.27. The monoisotopic (exact) mass is 139 g/mol. The van der Waals surface area contributed by atoms with Crippen LogP contribution >= 0.6 is 0 Å². The van der Waals surface area contributed by atoms with Crippen LogP contribution in [0.5, 0.6) is 0 Å². The zero-order chi connectivity index (χ0) is 7.78. The van der Waals surface area contributed by atoms with Crippen LogP contribution in [-0.4, -0.2) is 10.8 Å². The topological polar surface area (TPSA) is 46.2 Å². The Labute approximate surface area is 61.0 Å². The van der Waals surface area contributed by atoms with Crippen molar-refractivity contribution in [1.29, 1.82) is 0 Å². The van der Waals surface area contributed by atoms with Crippen LogP contribution in [0.25, 0.3) is 0 Å². The highest BCUT2D eigenvalue weighted by atomic mass is 16.3. The first kappa shape index (κ1) is 7.51. The van der Waals surface area contributed by atoms with Gasteiger partial charge in [0, 0.05) is 5.92 Å². The first-order chi connectivity index (χ1) is 4.52. The average Bonchev–Trinajstić information content (AvgIpc) is 1.78. The maximum Gasteiger partial charge on any atom is 0.139 e. The van der Waals surface area contributed by atoms with Gasteiger partial charge in [0.25, 0.3) is 0 Å². The molecule has 0 bridgehead atoms. The lowest BCUT2D eigenvalue weighted by atomic mass is 9.91.